The SMILES string of the molecule is Cc1nc(C)c(C(C)NCCC(C)(C)C(N)=NO)s1. The van der Waals surface area contributed by atoms with E-state index in [1.165, 1.54) is 4.88 Å². The fourth-order valence-electron chi connectivity index (χ4n) is 1.91. The smallest absolute Gasteiger partial charge is 0.144 e. The van der Waals surface area contributed by atoms with Gasteiger partial charge >= 0.3 is 0 Å². The van der Waals surface area contributed by atoms with E-state index in [2.05, 4.69) is 22.4 Å². The molecule has 0 aliphatic heterocycles. The monoisotopic (exact) mass is 284 g/mol. The van der Waals surface area contributed by atoms with E-state index < -0.39 is 0 Å². The lowest BCUT2D eigenvalue weighted by atomic mass is 9.88. The van der Waals surface area contributed by atoms with Crippen molar-refractivity contribution >= 4 is 17.2 Å². The highest BCUT2D eigenvalue weighted by Crippen LogP contribution is 2.25. The van der Waals surface area contributed by atoms with Crippen molar-refractivity contribution in [2.24, 2.45) is 16.3 Å². The fourth-order valence-corrected chi connectivity index (χ4v) is 2.86. The second-order valence-electron chi connectivity index (χ2n) is 5.48. The van der Waals surface area contributed by atoms with E-state index in [1.807, 2.05) is 27.7 Å². The van der Waals surface area contributed by atoms with E-state index in [-0.39, 0.29) is 17.3 Å². The van der Waals surface area contributed by atoms with Crippen molar-refractivity contribution in [1.29, 1.82) is 0 Å². The predicted molar refractivity (Wildman–Crippen MR) is 79.8 cm³/mol. The first-order valence-electron chi connectivity index (χ1n) is 6.43. The summed E-state index contributed by atoms with van der Waals surface area (Å²) in [5, 5.41) is 16.4. The normalized spacial score (nSPS) is 14.7. The lowest BCUT2D eigenvalue weighted by molar-refractivity contribution is 0.304. The Kier molecular flexibility index (Phi) is 5.31. The van der Waals surface area contributed by atoms with Crippen LogP contribution in [0.15, 0.2) is 5.16 Å². The van der Waals surface area contributed by atoms with Crippen molar-refractivity contribution in [3.05, 3.63) is 15.6 Å². The summed E-state index contributed by atoms with van der Waals surface area (Å²) in [7, 11) is 0. The molecule has 0 amide bonds. The Morgan fingerprint density at radius 3 is 2.63 bits per heavy atom. The number of hydrogen-bond acceptors (Lipinski definition) is 5. The maximum absolute atomic E-state index is 8.73. The van der Waals surface area contributed by atoms with Crippen LogP contribution in [-0.2, 0) is 0 Å². The third-order valence-corrected chi connectivity index (χ3v) is 4.59. The summed E-state index contributed by atoms with van der Waals surface area (Å²) in [5.41, 5.74) is 6.46. The third-order valence-electron chi connectivity index (χ3n) is 3.33. The molecule has 0 spiro atoms. The molecular formula is C13H24N4OS. The van der Waals surface area contributed by atoms with Gasteiger partial charge in [-0.1, -0.05) is 19.0 Å². The van der Waals surface area contributed by atoms with Crippen LogP contribution < -0.4 is 11.1 Å². The van der Waals surface area contributed by atoms with E-state index in [0.717, 1.165) is 23.7 Å². The van der Waals surface area contributed by atoms with Crippen molar-refractivity contribution in [3.8, 4) is 0 Å². The van der Waals surface area contributed by atoms with Crippen LogP contribution in [0.5, 0.6) is 0 Å². The molecule has 19 heavy (non-hydrogen) atoms. The van der Waals surface area contributed by atoms with Gasteiger partial charge in [0.25, 0.3) is 0 Å². The Balaban J connectivity index is 2.52. The van der Waals surface area contributed by atoms with Crippen molar-refractivity contribution in [2.75, 3.05) is 6.54 Å². The highest BCUT2D eigenvalue weighted by Gasteiger charge is 2.23. The molecule has 6 heteroatoms. The summed E-state index contributed by atoms with van der Waals surface area (Å²) in [6.07, 6.45) is 0.810. The van der Waals surface area contributed by atoms with Crippen LogP contribution in [0.3, 0.4) is 0 Å². The number of oxime groups is 1. The zero-order valence-corrected chi connectivity index (χ0v) is 13.1. The molecule has 0 radical (unpaired) electrons. The van der Waals surface area contributed by atoms with Gasteiger partial charge in [-0.2, -0.15) is 0 Å². The van der Waals surface area contributed by atoms with Gasteiger partial charge in [0.05, 0.1) is 10.7 Å². The number of rotatable bonds is 6. The van der Waals surface area contributed by atoms with Gasteiger partial charge in [-0.3, -0.25) is 0 Å². The van der Waals surface area contributed by atoms with Crippen LogP contribution in [0, 0.1) is 19.3 Å². The maximum atomic E-state index is 8.73. The molecule has 0 saturated carbocycles. The molecule has 0 aliphatic rings. The Bertz CT molecular complexity index is 453. The molecule has 0 bridgehead atoms. The number of aryl methyl sites for hydroxylation is 2. The average molecular weight is 284 g/mol. The summed E-state index contributed by atoms with van der Waals surface area (Å²) in [6.45, 7) is 10.9. The minimum atomic E-state index is -0.305. The Labute approximate surface area is 118 Å². The zero-order chi connectivity index (χ0) is 14.6. The molecule has 1 atom stereocenters. The van der Waals surface area contributed by atoms with Crippen LogP contribution in [0.1, 0.15) is 48.8 Å². The van der Waals surface area contributed by atoms with Gasteiger partial charge in [0.1, 0.15) is 5.84 Å². The van der Waals surface area contributed by atoms with Gasteiger partial charge in [-0.15, -0.1) is 11.3 Å². The Morgan fingerprint density at radius 2 is 2.16 bits per heavy atom. The van der Waals surface area contributed by atoms with Crippen molar-refractivity contribution in [2.45, 2.75) is 47.1 Å². The standard InChI is InChI=1S/C13H24N4OS/c1-8(11-9(2)16-10(3)19-11)15-7-6-13(4,5)12(14)17-18/h8,15,18H,6-7H2,1-5H3,(H2,14,17). The Morgan fingerprint density at radius 1 is 1.53 bits per heavy atom. The van der Waals surface area contributed by atoms with Gasteiger partial charge in [0.2, 0.25) is 0 Å². The number of hydrogen-bond donors (Lipinski definition) is 3. The Hall–Kier alpha value is -1.14. The molecule has 1 unspecified atom stereocenters. The molecule has 0 fully saturated rings. The molecule has 108 valence electrons. The second kappa shape index (κ2) is 6.34. The topological polar surface area (TPSA) is 83.5 Å². The number of thiazole rings is 1. The van der Waals surface area contributed by atoms with Crippen LogP contribution in [0.2, 0.25) is 0 Å². The van der Waals surface area contributed by atoms with Crippen LogP contribution in [0.4, 0.5) is 0 Å². The molecule has 0 saturated heterocycles. The highest BCUT2D eigenvalue weighted by molar-refractivity contribution is 7.11. The van der Waals surface area contributed by atoms with Crippen LogP contribution in [-0.4, -0.2) is 22.6 Å². The van der Waals surface area contributed by atoms with E-state index in [1.54, 1.807) is 11.3 Å². The van der Waals surface area contributed by atoms with Gasteiger partial charge < -0.3 is 16.3 Å². The van der Waals surface area contributed by atoms with Crippen LogP contribution in [0.25, 0.3) is 0 Å². The minimum Gasteiger partial charge on any atom is -0.409 e. The van der Waals surface area contributed by atoms with Crippen molar-refractivity contribution < 1.29 is 5.21 Å². The maximum Gasteiger partial charge on any atom is 0.144 e. The molecule has 0 aliphatic carbocycles. The van der Waals surface area contributed by atoms with Gasteiger partial charge in [0, 0.05) is 16.3 Å². The summed E-state index contributed by atoms with van der Waals surface area (Å²) < 4.78 is 0. The predicted octanol–water partition coefficient (Wildman–Crippen LogP) is 2.57. The molecule has 1 aromatic heterocycles. The van der Waals surface area contributed by atoms with Crippen molar-refractivity contribution in [1.82, 2.24) is 10.3 Å². The second-order valence-corrected chi connectivity index (χ2v) is 6.71. The van der Waals surface area contributed by atoms with Gasteiger partial charge in [-0.25, -0.2) is 4.98 Å². The van der Waals surface area contributed by atoms with E-state index in [0.29, 0.717) is 0 Å². The number of aromatic nitrogens is 1. The average Bonchev–Trinajstić information content (AvgIpc) is 2.67. The quantitative estimate of drug-likeness (QED) is 0.324. The lowest BCUT2D eigenvalue weighted by Gasteiger charge is -2.24. The molecule has 1 aromatic rings. The summed E-state index contributed by atoms with van der Waals surface area (Å²) >= 11 is 1.73. The summed E-state index contributed by atoms with van der Waals surface area (Å²) in [4.78, 5) is 5.71. The fraction of sp³-hybridized carbons (Fsp3) is 0.692. The number of nitrogens with zero attached hydrogens (tertiary/aromatic N) is 2. The van der Waals surface area contributed by atoms with Crippen molar-refractivity contribution in [3.63, 3.8) is 0 Å². The summed E-state index contributed by atoms with van der Waals surface area (Å²) in [5.74, 6) is 0.270. The van der Waals surface area contributed by atoms with E-state index in [9.17, 15) is 0 Å². The summed E-state index contributed by atoms with van der Waals surface area (Å²) in [6, 6.07) is 0.272. The molecule has 1 heterocycles. The van der Waals surface area contributed by atoms with Gasteiger partial charge in [0.15, 0.2) is 0 Å². The minimum absolute atomic E-state index is 0.270. The molecular weight excluding hydrogens is 260 g/mol. The van der Waals surface area contributed by atoms with Crippen LogP contribution >= 0.6 is 11.3 Å². The van der Waals surface area contributed by atoms with Gasteiger partial charge in [-0.05, 0) is 33.7 Å². The van der Waals surface area contributed by atoms with E-state index >= 15 is 0 Å². The number of nitrogens with one attached hydrogen (secondary N) is 1. The molecule has 4 N–H and O–H groups in total. The first-order chi connectivity index (χ1) is 8.77. The first-order valence-corrected chi connectivity index (χ1v) is 7.25. The third kappa shape index (κ3) is 4.18. The molecule has 5 nitrogen and oxygen atoms in total. The first kappa shape index (κ1) is 15.9. The zero-order valence-electron chi connectivity index (χ0n) is 12.3. The lowest BCUT2D eigenvalue weighted by Crippen LogP contribution is -2.35. The largest absolute Gasteiger partial charge is 0.409 e. The van der Waals surface area contributed by atoms with E-state index in [4.69, 9.17) is 10.9 Å². The molecule has 1 rings (SSSR count). The highest BCUT2D eigenvalue weighted by atomic mass is 32.1. The molecule has 0 aromatic carbocycles. The number of nitrogens with two attached hydrogens (primary N) is 1. The number of amidine groups is 1.